The van der Waals surface area contributed by atoms with Crippen LogP contribution in [0.15, 0.2) is 42.5 Å². The van der Waals surface area contributed by atoms with Gasteiger partial charge in [0.25, 0.3) is 0 Å². The van der Waals surface area contributed by atoms with E-state index in [4.69, 9.17) is 34.8 Å². The van der Waals surface area contributed by atoms with Gasteiger partial charge in [-0.2, -0.15) is 0 Å². The van der Waals surface area contributed by atoms with Gasteiger partial charge in [0, 0.05) is 10.6 Å². The average Bonchev–Trinajstić information content (AvgIpc) is 2.39. The van der Waals surface area contributed by atoms with E-state index < -0.39 is 0 Å². The van der Waals surface area contributed by atoms with Gasteiger partial charge in [-0.25, -0.2) is 0 Å². The minimum atomic E-state index is -0.0979. The molecule has 0 heterocycles. The summed E-state index contributed by atoms with van der Waals surface area (Å²) in [5, 5.41) is 10.9. The van der Waals surface area contributed by atoms with Crippen LogP contribution in [0.5, 0.6) is 0 Å². The van der Waals surface area contributed by atoms with Gasteiger partial charge in [-0.3, -0.25) is 0 Å². The second-order valence-electron chi connectivity index (χ2n) is 3.98. The summed E-state index contributed by atoms with van der Waals surface area (Å²) in [5.41, 5.74) is 2.32. The Kier molecular flexibility index (Phi) is 4.89. The molecular weight excluding hydrogens is 303 g/mol. The highest BCUT2D eigenvalue weighted by atomic mass is 35.5. The molecule has 1 nitrogen and oxygen atoms in total. The fraction of sp³-hybridized carbons (Fsp3) is 0.0667. The van der Waals surface area contributed by atoms with Crippen molar-refractivity contribution >= 4 is 46.5 Å². The monoisotopic (exact) mass is 312 g/mol. The van der Waals surface area contributed by atoms with Gasteiger partial charge in [0.2, 0.25) is 0 Å². The van der Waals surface area contributed by atoms with Crippen molar-refractivity contribution in [3.63, 3.8) is 0 Å². The number of benzene rings is 2. The molecule has 0 fully saturated rings. The fourth-order valence-corrected chi connectivity index (χ4v) is 2.66. The number of aliphatic hydroxyl groups is 1. The summed E-state index contributed by atoms with van der Waals surface area (Å²) in [6, 6.07) is 12.8. The smallest absolute Gasteiger partial charge is 0.0687 e. The highest BCUT2D eigenvalue weighted by Gasteiger charge is 2.08. The summed E-state index contributed by atoms with van der Waals surface area (Å²) >= 11 is 18.1. The van der Waals surface area contributed by atoms with Gasteiger partial charge in [0.15, 0.2) is 0 Å². The Bertz CT molecular complexity index is 583. The minimum Gasteiger partial charge on any atom is -0.392 e. The highest BCUT2D eigenvalue weighted by Crippen LogP contribution is 2.32. The lowest BCUT2D eigenvalue weighted by atomic mass is 10.0. The van der Waals surface area contributed by atoms with Crippen molar-refractivity contribution < 1.29 is 5.11 Å². The van der Waals surface area contributed by atoms with Crippen LogP contribution in [0.3, 0.4) is 0 Å². The molecule has 19 heavy (non-hydrogen) atoms. The van der Waals surface area contributed by atoms with Crippen LogP contribution < -0.4 is 0 Å². The van der Waals surface area contributed by atoms with Gasteiger partial charge >= 0.3 is 0 Å². The van der Waals surface area contributed by atoms with E-state index in [2.05, 4.69) is 0 Å². The summed E-state index contributed by atoms with van der Waals surface area (Å²) in [5.74, 6) is 0. The molecule has 0 aliphatic carbocycles. The fourth-order valence-electron chi connectivity index (χ4n) is 1.74. The third kappa shape index (κ3) is 3.52. The molecule has 4 heteroatoms. The molecule has 0 spiro atoms. The van der Waals surface area contributed by atoms with Gasteiger partial charge < -0.3 is 5.11 Å². The van der Waals surface area contributed by atoms with Crippen molar-refractivity contribution in [1.29, 1.82) is 0 Å². The maximum Gasteiger partial charge on any atom is 0.0687 e. The first-order chi connectivity index (χ1) is 9.11. The number of aliphatic hydroxyl groups excluding tert-OH is 1. The second kappa shape index (κ2) is 6.44. The molecule has 0 atom stereocenters. The molecule has 2 aromatic rings. The molecule has 0 amide bonds. The largest absolute Gasteiger partial charge is 0.392 e. The van der Waals surface area contributed by atoms with Gasteiger partial charge in [-0.15, -0.1) is 0 Å². The first-order valence-electron chi connectivity index (χ1n) is 5.63. The lowest BCUT2D eigenvalue weighted by Crippen LogP contribution is -1.91. The Hall–Kier alpha value is -0.990. The summed E-state index contributed by atoms with van der Waals surface area (Å²) < 4.78 is 0. The topological polar surface area (TPSA) is 20.2 Å². The normalized spacial score (nSPS) is 11.7. The quantitative estimate of drug-likeness (QED) is 0.774. The molecule has 1 N–H and O–H groups in total. The van der Waals surface area contributed by atoms with Crippen molar-refractivity contribution in [3.8, 4) is 0 Å². The van der Waals surface area contributed by atoms with Gasteiger partial charge in [0.1, 0.15) is 0 Å². The lowest BCUT2D eigenvalue weighted by Gasteiger charge is -2.08. The molecule has 98 valence electrons. The average molecular weight is 314 g/mol. The van der Waals surface area contributed by atoms with Crippen molar-refractivity contribution in [2.45, 2.75) is 0 Å². The summed E-state index contributed by atoms with van der Waals surface area (Å²) in [4.78, 5) is 0. The van der Waals surface area contributed by atoms with Crippen LogP contribution in [0.1, 0.15) is 11.1 Å². The first-order valence-corrected chi connectivity index (χ1v) is 6.76. The zero-order valence-electron chi connectivity index (χ0n) is 9.91. The summed E-state index contributed by atoms with van der Waals surface area (Å²) in [6.07, 6.45) is 1.77. The van der Waals surface area contributed by atoms with Crippen molar-refractivity contribution in [2.75, 3.05) is 6.61 Å². The Morgan fingerprint density at radius 3 is 2.11 bits per heavy atom. The molecule has 2 aromatic carbocycles. The predicted molar refractivity (Wildman–Crippen MR) is 82.9 cm³/mol. The molecular formula is C15H11Cl3O. The van der Waals surface area contributed by atoms with E-state index in [0.29, 0.717) is 20.6 Å². The van der Waals surface area contributed by atoms with Gasteiger partial charge in [-0.05, 0) is 29.3 Å². The number of rotatable bonds is 3. The Morgan fingerprint density at radius 1 is 1.00 bits per heavy atom. The second-order valence-corrected chi connectivity index (χ2v) is 5.23. The van der Waals surface area contributed by atoms with E-state index in [9.17, 15) is 5.11 Å². The summed E-state index contributed by atoms with van der Waals surface area (Å²) in [6.45, 7) is -0.0979. The van der Waals surface area contributed by atoms with E-state index in [1.807, 2.05) is 30.3 Å². The molecule has 0 saturated heterocycles. The van der Waals surface area contributed by atoms with Crippen LogP contribution in [0.25, 0.3) is 11.6 Å². The van der Waals surface area contributed by atoms with Crippen LogP contribution in [-0.4, -0.2) is 11.7 Å². The SMILES string of the molecule is OC/C(=C\c1c(Cl)cc(Cl)cc1Cl)c1ccccc1. The maximum absolute atomic E-state index is 9.50. The van der Waals surface area contributed by atoms with Gasteiger partial charge in [-0.1, -0.05) is 65.1 Å². The molecule has 0 radical (unpaired) electrons. The zero-order valence-corrected chi connectivity index (χ0v) is 12.2. The van der Waals surface area contributed by atoms with Gasteiger partial charge in [0.05, 0.1) is 16.7 Å². The molecule has 0 unspecified atom stereocenters. The van der Waals surface area contributed by atoms with Crippen LogP contribution in [0.2, 0.25) is 15.1 Å². The van der Waals surface area contributed by atoms with E-state index in [-0.39, 0.29) is 6.61 Å². The standard InChI is InChI=1S/C15H11Cl3O/c16-12-7-14(17)13(15(18)8-12)6-11(9-19)10-4-2-1-3-5-10/h1-8,19H,9H2/b11-6+. The molecule has 0 aliphatic rings. The Balaban J connectivity index is 2.50. The van der Waals surface area contributed by atoms with Crippen molar-refractivity contribution in [2.24, 2.45) is 0 Å². The predicted octanol–water partition coefficient (Wildman–Crippen LogP) is 5.18. The third-order valence-electron chi connectivity index (χ3n) is 2.68. The minimum absolute atomic E-state index is 0.0979. The van der Waals surface area contributed by atoms with Crippen molar-refractivity contribution in [3.05, 3.63) is 68.7 Å². The molecule has 0 bridgehead atoms. The number of halogens is 3. The Morgan fingerprint density at radius 2 is 1.58 bits per heavy atom. The van der Waals surface area contributed by atoms with E-state index in [1.165, 1.54) is 0 Å². The number of hydrogen-bond donors (Lipinski definition) is 1. The van der Waals surface area contributed by atoms with E-state index >= 15 is 0 Å². The number of hydrogen-bond acceptors (Lipinski definition) is 1. The first kappa shape index (κ1) is 14.4. The van der Waals surface area contributed by atoms with Crippen LogP contribution in [0.4, 0.5) is 0 Å². The lowest BCUT2D eigenvalue weighted by molar-refractivity contribution is 0.351. The summed E-state index contributed by atoms with van der Waals surface area (Å²) in [7, 11) is 0. The van der Waals surface area contributed by atoms with Crippen LogP contribution in [0, 0.1) is 0 Å². The Labute approximate surface area is 127 Å². The van der Waals surface area contributed by atoms with E-state index in [0.717, 1.165) is 11.1 Å². The third-order valence-corrected chi connectivity index (χ3v) is 3.52. The molecule has 2 rings (SSSR count). The zero-order chi connectivity index (χ0) is 13.8. The molecule has 0 saturated carbocycles. The highest BCUT2D eigenvalue weighted by molar-refractivity contribution is 6.40. The van der Waals surface area contributed by atoms with Crippen LogP contribution >= 0.6 is 34.8 Å². The van der Waals surface area contributed by atoms with E-state index in [1.54, 1.807) is 18.2 Å². The maximum atomic E-state index is 9.50. The molecule has 0 aliphatic heterocycles. The molecule has 0 aromatic heterocycles. The van der Waals surface area contributed by atoms with Crippen molar-refractivity contribution in [1.82, 2.24) is 0 Å². The van der Waals surface area contributed by atoms with Crippen LogP contribution in [-0.2, 0) is 0 Å².